The van der Waals surface area contributed by atoms with Crippen LogP contribution in [0.15, 0.2) is 23.1 Å². The topological polar surface area (TPSA) is 60.9 Å². The van der Waals surface area contributed by atoms with Gasteiger partial charge in [-0.25, -0.2) is 12.8 Å². The lowest BCUT2D eigenvalue weighted by atomic mass is 10.2. The predicted octanol–water partition coefficient (Wildman–Crippen LogP) is 1.16. The molecule has 0 bridgehead atoms. The van der Waals surface area contributed by atoms with E-state index in [1.807, 2.05) is 19.0 Å². The Morgan fingerprint density at radius 1 is 1.48 bits per heavy atom. The van der Waals surface area contributed by atoms with Crippen LogP contribution in [0.1, 0.15) is 6.42 Å². The summed E-state index contributed by atoms with van der Waals surface area (Å²) in [7, 11) is -0.143. The molecular formula is C13H18ClFN2O3S. The van der Waals surface area contributed by atoms with Crippen molar-refractivity contribution in [2.24, 2.45) is 0 Å². The van der Waals surface area contributed by atoms with Gasteiger partial charge in [-0.1, -0.05) is 11.6 Å². The van der Waals surface area contributed by atoms with Crippen molar-refractivity contribution in [1.29, 1.82) is 0 Å². The van der Waals surface area contributed by atoms with E-state index >= 15 is 0 Å². The van der Waals surface area contributed by atoms with Crippen LogP contribution in [-0.2, 0) is 10.0 Å². The van der Waals surface area contributed by atoms with E-state index in [9.17, 15) is 17.9 Å². The van der Waals surface area contributed by atoms with Gasteiger partial charge in [-0.3, -0.25) is 0 Å². The van der Waals surface area contributed by atoms with E-state index in [0.717, 1.165) is 18.2 Å². The molecule has 1 heterocycles. The van der Waals surface area contributed by atoms with Crippen LogP contribution in [0, 0.1) is 5.82 Å². The van der Waals surface area contributed by atoms with Gasteiger partial charge in [-0.2, -0.15) is 4.31 Å². The van der Waals surface area contributed by atoms with Crippen molar-refractivity contribution in [3.63, 3.8) is 0 Å². The Hall–Kier alpha value is -0.730. The molecule has 0 aliphatic carbocycles. The Bertz CT molecular complexity index is 624. The van der Waals surface area contributed by atoms with Crippen molar-refractivity contribution in [2.75, 3.05) is 27.2 Å². The lowest BCUT2D eigenvalue weighted by molar-refractivity contribution is 0.212. The molecule has 8 heteroatoms. The number of halogens is 2. The van der Waals surface area contributed by atoms with E-state index < -0.39 is 21.9 Å². The number of benzene rings is 1. The summed E-state index contributed by atoms with van der Waals surface area (Å²) in [5.74, 6) is -0.592. The molecule has 1 saturated heterocycles. The molecule has 1 fully saturated rings. The van der Waals surface area contributed by atoms with Gasteiger partial charge in [0.1, 0.15) is 10.7 Å². The molecule has 118 valence electrons. The first-order valence-corrected chi connectivity index (χ1v) is 8.33. The maximum atomic E-state index is 13.1. The molecular weight excluding hydrogens is 319 g/mol. The summed E-state index contributed by atoms with van der Waals surface area (Å²) in [5, 5.41) is 9.29. The highest BCUT2D eigenvalue weighted by atomic mass is 35.5. The van der Waals surface area contributed by atoms with Crippen LogP contribution in [0.5, 0.6) is 0 Å². The molecule has 0 unspecified atom stereocenters. The zero-order chi connectivity index (χ0) is 15.8. The van der Waals surface area contributed by atoms with Gasteiger partial charge in [-0.15, -0.1) is 0 Å². The van der Waals surface area contributed by atoms with Crippen LogP contribution >= 0.6 is 11.6 Å². The molecule has 1 aromatic rings. The largest absolute Gasteiger partial charge is 0.395 e. The average molecular weight is 337 g/mol. The minimum atomic E-state index is -3.87. The van der Waals surface area contributed by atoms with E-state index in [1.165, 1.54) is 4.31 Å². The zero-order valence-corrected chi connectivity index (χ0v) is 13.4. The summed E-state index contributed by atoms with van der Waals surface area (Å²) < 4.78 is 39.7. The van der Waals surface area contributed by atoms with Crippen molar-refractivity contribution in [1.82, 2.24) is 9.21 Å². The smallest absolute Gasteiger partial charge is 0.244 e. The number of aliphatic hydroxyl groups excluding tert-OH is 1. The fraction of sp³-hybridized carbons (Fsp3) is 0.538. The second-order valence-electron chi connectivity index (χ2n) is 5.34. The number of rotatable bonds is 4. The Morgan fingerprint density at radius 2 is 2.14 bits per heavy atom. The molecule has 0 saturated carbocycles. The molecule has 0 radical (unpaired) electrons. The van der Waals surface area contributed by atoms with Crippen LogP contribution in [0.3, 0.4) is 0 Å². The monoisotopic (exact) mass is 336 g/mol. The SMILES string of the molecule is CN(C)[C@@H]1C[C@@H](CO)N(S(=O)(=O)c2ccc(F)cc2Cl)C1. The summed E-state index contributed by atoms with van der Waals surface area (Å²) >= 11 is 5.86. The molecule has 0 aromatic heterocycles. The van der Waals surface area contributed by atoms with Crippen molar-refractivity contribution >= 4 is 21.6 Å². The highest BCUT2D eigenvalue weighted by molar-refractivity contribution is 7.89. The third-order valence-electron chi connectivity index (χ3n) is 3.76. The van der Waals surface area contributed by atoms with Gasteiger partial charge in [-0.05, 0) is 38.7 Å². The van der Waals surface area contributed by atoms with Gasteiger partial charge < -0.3 is 10.0 Å². The fourth-order valence-corrected chi connectivity index (χ4v) is 4.68. The van der Waals surface area contributed by atoms with Crippen LogP contribution in [-0.4, -0.2) is 62.1 Å². The number of nitrogens with zero attached hydrogens (tertiary/aromatic N) is 2. The highest BCUT2D eigenvalue weighted by Crippen LogP contribution is 2.31. The predicted molar refractivity (Wildman–Crippen MR) is 78.3 cm³/mol. The minimum absolute atomic E-state index is 0.0242. The Kier molecular flexibility index (Phi) is 4.89. The summed E-state index contributed by atoms with van der Waals surface area (Å²) in [5.41, 5.74) is 0. The molecule has 0 spiro atoms. The van der Waals surface area contributed by atoms with Crippen LogP contribution < -0.4 is 0 Å². The standard InChI is InChI=1S/C13H18ClFN2O3S/c1-16(2)10-6-11(8-18)17(7-10)21(19,20)13-4-3-9(15)5-12(13)14/h3-5,10-11,18H,6-8H2,1-2H3/t10-,11+/m1/s1. The van der Waals surface area contributed by atoms with E-state index in [-0.39, 0.29) is 29.1 Å². The third-order valence-corrected chi connectivity index (χ3v) is 6.16. The fourth-order valence-electron chi connectivity index (χ4n) is 2.51. The van der Waals surface area contributed by atoms with Crippen LogP contribution in [0.25, 0.3) is 0 Å². The third kappa shape index (κ3) is 3.22. The maximum absolute atomic E-state index is 13.1. The molecule has 2 rings (SSSR count). The zero-order valence-electron chi connectivity index (χ0n) is 11.8. The second kappa shape index (κ2) is 6.18. The van der Waals surface area contributed by atoms with Crippen LogP contribution in [0.2, 0.25) is 5.02 Å². The molecule has 1 aromatic carbocycles. The molecule has 1 aliphatic rings. The van der Waals surface area contributed by atoms with Crippen molar-refractivity contribution in [3.8, 4) is 0 Å². The summed E-state index contributed by atoms with van der Waals surface area (Å²) in [6, 6.07) is 2.72. The molecule has 0 amide bonds. The van der Waals surface area contributed by atoms with Crippen molar-refractivity contribution in [3.05, 3.63) is 29.0 Å². The number of hydrogen-bond donors (Lipinski definition) is 1. The van der Waals surface area contributed by atoms with Gasteiger partial charge in [0, 0.05) is 18.6 Å². The number of sulfonamides is 1. The minimum Gasteiger partial charge on any atom is -0.395 e. The van der Waals surface area contributed by atoms with Crippen molar-refractivity contribution in [2.45, 2.75) is 23.4 Å². The number of aliphatic hydroxyl groups is 1. The quantitative estimate of drug-likeness (QED) is 0.896. The lowest BCUT2D eigenvalue weighted by Crippen LogP contribution is -2.38. The number of likely N-dealkylation sites (N-methyl/N-ethyl adjacent to an activating group) is 1. The van der Waals surface area contributed by atoms with E-state index in [1.54, 1.807) is 0 Å². The first kappa shape index (κ1) is 16.6. The maximum Gasteiger partial charge on any atom is 0.244 e. The first-order chi connectivity index (χ1) is 9.77. The molecule has 1 aliphatic heterocycles. The van der Waals surface area contributed by atoms with Crippen molar-refractivity contribution < 1.29 is 17.9 Å². The normalized spacial score (nSPS) is 23.9. The highest BCUT2D eigenvalue weighted by Gasteiger charge is 2.41. The molecule has 2 atom stereocenters. The lowest BCUT2D eigenvalue weighted by Gasteiger charge is -2.23. The molecule has 1 N–H and O–H groups in total. The van der Waals surface area contributed by atoms with Gasteiger partial charge in [0.25, 0.3) is 0 Å². The Morgan fingerprint density at radius 3 is 2.67 bits per heavy atom. The van der Waals surface area contributed by atoms with Crippen LogP contribution in [0.4, 0.5) is 4.39 Å². The molecule has 5 nitrogen and oxygen atoms in total. The van der Waals surface area contributed by atoms with Gasteiger partial charge in [0.15, 0.2) is 0 Å². The Labute approximate surface area is 129 Å². The summed E-state index contributed by atoms with van der Waals surface area (Å²) in [4.78, 5) is 1.79. The average Bonchev–Trinajstić information content (AvgIpc) is 2.83. The second-order valence-corrected chi connectivity index (χ2v) is 7.61. The summed E-state index contributed by atoms with van der Waals surface area (Å²) in [6.07, 6.45) is 0.543. The van der Waals surface area contributed by atoms with Gasteiger partial charge in [0.05, 0.1) is 11.6 Å². The van der Waals surface area contributed by atoms with Gasteiger partial charge in [0.2, 0.25) is 10.0 Å². The van der Waals surface area contributed by atoms with E-state index in [0.29, 0.717) is 6.42 Å². The van der Waals surface area contributed by atoms with E-state index in [4.69, 9.17) is 11.6 Å². The van der Waals surface area contributed by atoms with Gasteiger partial charge >= 0.3 is 0 Å². The summed E-state index contributed by atoms with van der Waals surface area (Å²) in [6.45, 7) is 0.0106. The first-order valence-electron chi connectivity index (χ1n) is 6.51. The molecule has 21 heavy (non-hydrogen) atoms. The Balaban J connectivity index is 2.38. The number of hydrogen-bond acceptors (Lipinski definition) is 4. The van der Waals surface area contributed by atoms with E-state index in [2.05, 4.69) is 0 Å².